The van der Waals surface area contributed by atoms with Crippen molar-refractivity contribution in [2.24, 2.45) is 16.5 Å². The molecule has 0 aliphatic heterocycles. The van der Waals surface area contributed by atoms with Gasteiger partial charge in [-0.2, -0.15) is 0 Å². The van der Waals surface area contributed by atoms with Crippen LogP contribution in [-0.4, -0.2) is 29.0 Å². The number of hydrogen-bond donors (Lipinski definition) is 3. The fourth-order valence-electron chi connectivity index (χ4n) is 3.05. The van der Waals surface area contributed by atoms with Crippen molar-refractivity contribution in [3.63, 3.8) is 0 Å². The number of aromatic nitrogens is 2. The maximum absolute atomic E-state index is 5.95. The highest BCUT2D eigenvalue weighted by Crippen LogP contribution is 2.21. The minimum absolute atomic E-state index is 0. The van der Waals surface area contributed by atoms with E-state index in [-0.39, 0.29) is 30.8 Å². The zero-order chi connectivity index (χ0) is 21.2. The van der Waals surface area contributed by atoms with E-state index < -0.39 is 0 Å². The third-order valence-corrected chi connectivity index (χ3v) is 4.84. The molecule has 2 aromatic carbocycles. The van der Waals surface area contributed by atoms with Crippen molar-refractivity contribution in [1.82, 2.24) is 9.97 Å². The number of hydrogen-bond acceptors (Lipinski definition) is 4. The van der Waals surface area contributed by atoms with Crippen molar-refractivity contribution in [1.29, 1.82) is 0 Å². The van der Waals surface area contributed by atoms with Gasteiger partial charge in [-0.1, -0.05) is 54.8 Å². The Bertz CT molecular complexity index is 1020. The molecule has 0 radical (unpaired) electrons. The third kappa shape index (κ3) is 8.91. The number of fused-ring (bicyclic) bond motifs is 1. The first-order valence-electron chi connectivity index (χ1n) is 10.1. The van der Waals surface area contributed by atoms with Crippen LogP contribution in [0.5, 0.6) is 0 Å². The summed E-state index contributed by atoms with van der Waals surface area (Å²) < 4.78 is 0. The molecule has 172 valence electrons. The van der Waals surface area contributed by atoms with E-state index in [1.54, 1.807) is 0 Å². The van der Waals surface area contributed by atoms with Gasteiger partial charge in [0, 0.05) is 23.5 Å². The standard InChI is InChI=1S/C23H27ClN6.2ClH/c24-18-12-9-17(10-13-18)11-14-21-29-20-8-4-3-7-19(20)22(30-21)27-15-5-1-2-6-16-28-23(25)26;;/h3-4,7-14H,1-2,5-6,15-16H2,(H4,25,26,28)(H,27,29,30);2*1H/b14-11+;;. The highest BCUT2D eigenvalue weighted by Gasteiger charge is 2.05. The molecule has 0 saturated heterocycles. The topological polar surface area (TPSA) is 102 Å². The molecule has 0 aliphatic rings. The average Bonchev–Trinajstić information content (AvgIpc) is 2.75. The number of halogens is 3. The Balaban J connectivity index is 0.00000256. The van der Waals surface area contributed by atoms with E-state index in [1.165, 1.54) is 0 Å². The lowest BCUT2D eigenvalue weighted by Gasteiger charge is -2.09. The normalized spacial score (nSPS) is 10.4. The molecular formula is C23H29Cl3N6. The minimum Gasteiger partial charge on any atom is -0.370 e. The van der Waals surface area contributed by atoms with Gasteiger partial charge in [0.2, 0.25) is 0 Å². The van der Waals surface area contributed by atoms with Gasteiger partial charge in [0.15, 0.2) is 11.8 Å². The van der Waals surface area contributed by atoms with E-state index in [9.17, 15) is 0 Å². The molecule has 0 amide bonds. The van der Waals surface area contributed by atoms with Gasteiger partial charge < -0.3 is 16.8 Å². The van der Waals surface area contributed by atoms with Crippen LogP contribution in [0.2, 0.25) is 5.02 Å². The summed E-state index contributed by atoms with van der Waals surface area (Å²) in [7, 11) is 0. The summed E-state index contributed by atoms with van der Waals surface area (Å²) in [5.41, 5.74) is 12.6. The first kappa shape index (κ1) is 27.5. The quantitative estimate of drug-likeness (QED) is 0.195. The van der Waals surface area contributed by atoms with Gasteiger partial charge in [-0.05, 0) is 48.7 Å². The Kier molecular flexibility index (Phi) is 12.5. The largest absolute Gasteiger partial charge is 0.370 e. The van der Waals surface area contributed by atoms with Gasteiger partial charge in [-0.15, -0.1) is 24.8 Å². The second-order valence-electron chi connectivity index (χ2n) is 6.98. The van der Waals surface area contributed by atoms with Crippen LogP contribution in [0.4, 0.5) is 5.82 Å². The molecule has 0 bridgehead atoms. The second kappa shape index (κ2) is 14.5. The van der Waals surface area contributed by atoms with Gasteiger partial charge >= 0.3 is 0 Å². The van der Waals surface area contributed by atoms with Crippen LogP contribution in [-0.2, 0) is 0 Å². The van der Waals surface area contributed by atoms with Crippen molar-refractivity contribution in [2.45, 2.75) is 25.7 Å². The minimum atomic E-state index is 0. The van der Waals surface area contributed by atoms with Crippen LogP contribution >= 0.6 is 36.4 Å². The lowest BCUT2D eigenvalue weighted by molar-refractivity contribution is 0.661. The number of anilines is 1. The number of para-hydroxylation sites is 1. The van der Waals surface area contributed by atoms with E-state index in [2.05, 4.69) is 15.3 Å². The van der Waals surface area contributed by atoms with Gasteiger partial charge in [0.1, 0.15) is 5.82 Å². The number of unbranched alkanes of at least 4 members (excludes halogenated alkanes) is 3. The summed E-state index contributed by atoms with van der Waals surface area (Å²) in [5, 5.41) is 5.21. The number of benzene rings is 2. The smallest absolute Gasteiger partial charge is 0.185 e. The van der Waals surface area contributed by atoms with Crippen molar-refractivity contribution >= 4 is 71.2 Å². The fourth-order valence-corrected chi connectivity index (χ4v) is 3.18. The average molecular weight is 496 g/mol. The Morgan fingerprint density at radius 1 is 0.906 bits per heavy atom. The zero-order valence-electron chi connectivity index (χ0n) is 17.7. The molecule has 0 saturated carbocycles. The lowest BCUT2D eigenvalue weighted by atomic mass is 10.2. The first-order chi connectivity index (χ1) is 14.6. The van der Waals surface area contributed by atoms with Crippen LogP contribution in [0.3, 0.4) is 0 Å². The first-order valence-corrected chi connectivity index (χ1v) is 10.5. The molecule has 0 aliphatic carbocycles. The summed E-state index contributed by atoms with van der Waals surface area (Å²) in [6.07, 6.45) is 8.16. The molecule has 3 rings (SSSR count). The SMILES string of the molecule is Cl.Cl.NC(N)=NCCCCCCNc1nc(/C=C/c2ccc(Cl)cc2)nc2ccccc12. The molecule has 0 fully saturated rings. The summed E-state index contributed by atoms with van der Waals surface area (Å²) in [6.45, 7) is 1.54. The van der Waals surface area contributed by atoms with Crippen LogP contribution in [0.15, 0.2) is 53.5 Å². The number of rotatable bonds is 10. The Hall–Kier alpha value is -2.54. The zero-order valence-corrected chi connectivity index (χ0v) is 20.1. The third-order valence-electron chi connectivity index (χ3n) is 4.59. The Morgan fingerprint density at radius 3 is 2.38 bits per heavy atom. The summed E-state index contributed by atoms with van der Waals surface area (Å²) >= 11 is 5.95. The lowest BCUT2D eigenvalue weighted by Crippen LogP contribution is -2.22. The van der Waals surface area contributed by atoms with Gasteiger partial charge in [0.25, 0.3) is 0 Å². The van der Waals surface area contributed by atoms with Crippen molar-refractivity contribution in [2.75, 3.05) is 18.4 Å². The molecule has 32 heavy (non-hydrogen) atoms. The van der Waals surface area contributed by atoms with Crippen molar-refractivity contribution in [3.05, 3.63) is 64.9 Å². The van der Waals surface area contributed by atoms with Gasteiger partial charge in [0.05, 0.1) is 5.52 Å². The molecule has 0 atom stereocenters. The molecule has 1 aromatic heterocycles. The predicted molar refractivity (Wildman–Crippen MR) is 142 cm³/mol. The highest BCUT2D eigenvalue weighted by atomic mass is 35.5. The Morgan fingerprint density at radius 2 is 1.62 bits per heavy atom. The monoisotopic (exact) mass is 494 g/mol. The number of guanidine groups is 1. The maximum Gasteiger partial charge on any atom is 0.185 e. The maximum atomic E-state index is 5.95. The van der Waals surface area contributed by atoms with Crippen LogP contribution in [0.1, 0.15) is 37.1 Å². The summed E-state index contributed by atoms with van der Waals surface area (Å²) in [5.74, 6) is 1.69. The molecule has 5 N–H and O–H groups in total. The predicted octanol–water partition coefficient (Wildman–Crippen LogP) is 5.54. The van der Waals surface area contributed by atoms with Crippen LogP contribution in [0.25, 0.3) is 23.1 Å². The Labute approximate surface area is 206 Å². The van der Waals surface area contributed by atoms with Crippen LogP contribution in [0, 0.1) is 0 Å². The van der Waals surface area contributed by atoms with Crippen molar-refractivity contribution in [3.8, 4) is 0 Å². The van der Waals surface area contributed by atoms with E-state index in [4.69, 9.17) is 28.1 Å². The van der Waals surface area contributed by atoms with E-state index in [0.717, 1.165) is 59.5 Å². The van der Waals surface area contributed by atoms with E-state index in [0.29, 0.717) is 12.4 Å². The number of nitrogens with one attached hydrogen (secondary N) is 1. The van der Waals surface area contributed by atoms with Crippen molar-refractivity contribution < 1.29 is 0 Å². The molecule has 1 heterocycles. The number of aliphatic imine (C=N–C) groups is 1. The number of nitrogens with two attached hydrogens (primary N) is 2. The fraction of sp³-hybridized carbons (Fsp3) is 0.261. The molecular weight excluding hydrogens is 467 g/mol. The van der Waals surface area contributed by atoms with Crippen LogP contribution < -0.4 is 16.8 Å². The van der Waals surface area contributed by atoms with E-state index in [1.807, 2.05) is 60.7 Å². The summed E-state index contributed by atoms with van der Waals surface area (Å²) in [4.78, 5) is 13.4. The molecule has 0 spiro atoms. The molecule has 6 nitrogen and oxygen atoms in total. The van der Waals surface area contributed by atoms with Gasteiger partial charge in [-0.3, -0.25) is 4.99 Å². The molecule has 3 aromatic rings. The van der Waals surface area contributed by atoms with Gasteiger partial charge in [-0.25, -0.2) is 9.97 Å². The number of nitrogens with zero attached hydrogens (tertiary/aromatic N) is 3. The summed E-state index contributed by atoms with van der Waals surface area (Å²) in [6, 6.07) is 15.7. The molecule has 9 heteroatoms. The van der Waals surface area contributed by atoms with E-state index >= 15 is 0 Å². The molecule has 0 unspecified atom stereocenters. The highest BCUT2D eigenvalue weighted by molar-refractivity contribution is 6.30. The second-order valence-corrected chi connectivity index (χ2v) is 7.42.